The fourth-order valence-corrected chi connectivity index (χ4v) is 3.33. The third-order valence-electron chi connectivity index (χ3n) is 4.28. The smallest absolute Gasteiger partial charge is 0.231 e. The number of ether oxygens (including phenoxy) is 2. The van der Waals surface area contributed by atoms with Gasteiger partial charge in [-0.1, -0.05) is 6.07 Å². The molecular weight excluding hydrogens is 244 g/mol. The maximum Gasteiger partial charge on any atom is 0.231 e. The van der Waals surface area contributed by atoms with E-state index in [0.717, 1.165) is 29.9 Å². The van der Waals surface area contributed by atoms with Crippen molar-refractivity contribution in [2.45, 2.75) is 31.3 Å². The van der Waals surface area contributed by atoms with Crippen LogP contribution in [0.4, 0.5) is 0 Å². The summed E-state index contributed by atoms with van der Waals surface area (Å²) in [6.45, 7) is 0.278. The molecule has 1 saturated heterocycles. The minimum Gasteiger partial charge on any atom is -0.454 e. The van der Waals surface area contributed by atoms with Crippen molar-refractivity contribution in [2.75, 3.05) is 6.79 Å². The molecule has 4 rings (SSSR count). The highest BCUT2D eigenvalue weighted by Crippen LogP contribution is 2.40. The van der Waals surface area contributed by atoms with Crippen LogP contribution in [-0.4, -0.2) is 18.6 Å². The first-order chi connectivity index (χ1) is 9.33. The van der Waals surface area contributed by atoms with Gasteiger partial charge in [0.2, 0.25) is 6.79 Å². The zero-order chi connectivity index (χ0) is 12.8. The van der Waals surface area contributed by atoms with Gasteiger partial charge in [-0.2, -0.15) is 0 Å². The van der Waals surface area contributed by atoms with Gasteiger partial charge in [0.05, 0.1) is 12.0 Å². The summed E-state index contributed by atoms with van der Waals surface area (Å²) < 4.78 is 10.7. The van der Waals surface area contributed by atoms with Gasteiger partial charge in [-0.3, -0.25) is 10.2 Å². The Morgan fingerprint density at radius 1 is 1.16 bits per heavy atom. The average Bonchev–Trinajstić information content (AvgIpc) is 3.04. The minimum atomic E-state index is 0.0345. The average molecular weight is 260 g/mol. The van der Waals surface area contributed by atoms with E-state index in [9.17, 15) is 4.79 Å². The molecule has 2 heterocycles. The molecule has 0 bridgehead atoms. The van der Waals surface area contributed by atoms with E-state index in [1.54, 1.807) is 0 Å². The van der Waals surface area contributed by atoms with Crippen LogP contribution in [0.1, 0.15) is 30.9 Å². The summed E-state index contributed by atoms with van der Waals surface area (Å²) >= 11 is 0. The Bertz CT molecular complexity index is 531. The molecule has 2 N–H and O–H groups in total. The Kier molecular flexibility index (Phi) is 2.50. The van der Waals surface area contributed by atoms with Crippen LogP contribution in [0.25, 0.3) is 0 Å². The number of hydrogen-bond donors (Lipinski definition) is 2. The third kappa shape index (κ3) is 1.73. The number of ketones is 1. The van der Waals surface area contributed by atoms with Gasteiger partial charge >= 0.3 is 0 Å². The summed E-state index contributed by atoms with van der Waals surface area (Å²) in [6.07, 6.45) is 2.75. The maximum atomic E-state index is 12.2. The van der Waals surface area contributed by atoms with Gasteiger partial charge in [0, 0.05) is 12.5 Å². The van der Waals surface area contributed by atoms with E-state index in [1.807, 2.05) is 18.2 Å². The number of hydrogen-bond acceptors (Lipinski definition) is 5. The lowest BCUT2D eigenvalue weighted by Crippen LogP contribution is -2.36. The van der Waals surface area contributed by atoms with Gasteiger partial charge in [0.1, 0.15) is 5.78 Å². The summed E-state index contributed by atoms with van der Waals surface area (Å²) in [5, 5.41) is 0. The van der Waals surface area contributed by atoms with Crippen molar-refractivity contribution in [1.82, 2.24) is 10.9 Å². The second-order valence-corrected chi connectivity index (χ2v) is 5.37. The van der Waals surface area contributed by atoms with E-state index >= 15 is 0 Å². The van der Waals surface area contributed by atoms with E-state index in [-0.39, 0.29) is 24.8 Å². The monoisotopic (exact) mass is 260 g/mol. The first-order valence-electron chi connectivity index (χ1n) is 6.76. The summed E-state index contributed by atoms with van der Waals surface area (Å²) in [5.41, 5.74) is 7.61. The van der Waals surface area contributed by atoms with E-state index in [4.69, 9.17) is 9.47 Å². The number of carbonyl (C=O) groups excluding carboxylic acids is 1. The normalized spacial score (nSPS) is 32.4. The lowest BCUT2D eigenvalue weighted by Gasteiger charge is -2.26. The standard InChI is InChI=1S/C14H16N2O3/c17-10-3-1-2-9-13(10)14(16-15-9)8-4-5-11-12(6-8)19-7-18-11/h4-6,9,13-16H,1-3,7H2. The molecule has 1 saturated carbocycles. The Balaban J connectivity index is 1.67. The van der Waals surface area contributed by atoms with E-state index in [2.05, 4.69) is 10.9 Å². The number of carbonyl (C=O) groups is 1. The molecule has 0 radical (unpaired) electrons. The van der Waals surface area contributed by atoms with Crippen molar-refractivity contribution >= 4 is 5.78 Å². The van der Waals surface area contributed by atoms with Gasteiger partial charge in [-0.05, 0) is 30.5 Å². The van der Waals surface area contributed by atoms with E-state index in [1.165, 1.54) is 0 Å². The van der Waals surface area contributed by atoms with Gasteiger partial charge in [0.25, 0.3) is 0 Å². The van der Waals surface area contributed by atoms with Crippen molar-refractivity contribution in [2.24, 2.45) is 5.92 Å². The number of nitrogens with one attached hydrogen (secondary N) is 2. The zero-order valence-corrected chi connectivity index (χ0v) is 10.5. The maximum absolute atomic E-state index is 12.2. The Hall–Kier alpha value is -1.59. The number of hydrazine groups is 1. The van der Waals surface area contributed by atoms with Crippen LogP contribution in [0.3, 0.4) is 0 Å². The molecule has 100 valence electrons. The number of benzene rings is 1. The zero-order valence-electron chi connectivity index (χ0n) is 10.5. The molecule has 0 amide bonds. The molecule has 19 heavy (non-hydrogen) atoms. The summed E-state index contributed by atoms with van der Waals surface area (Å²) in [7, 11) is 0. The van der Waals surface area contributed by atoms with Gasteiger partial charge in [-0.25, -0.2) is 5.43 Å². The molecule has 1 aromatic rings. The van der Waals surface area contributed by atoms with Crippen molar-refractivity contribution in [1.29, 1.82) is 0 Å². The molecular formula is C14H16N2O3. The first-order valence-corrected chi connectivity index (χ1v) is 6.76. The highest BCUT2D eigenvalue weighted by Gasteiger charge is 2.43. The fraction of sp³-hybridized carbons (Fsp3) is 0.500. The van der Waals surface area contributed by atoms with Crippen molar-refractivity contribution in [3.05, 3.63) is 23.8 Å². The number of Topliss-reactive ketones (excluding diaryl/α,β-unsaturated/α-hetero) is 1. The topological polar surface area (TPSA) is 59.6 Å². The lowest BCUT2D eigenvalue weighted by atomic mass is 9.78. The van der Waals surface area contributed by atoms with Gasteiger partial charge in [0.15, 0.2) is 11.5 Å². The van der Waals surface area contributed by atoms with Crippen molar-refractivity contribution in [3.8, 4) is 11.5 Å². The second-order valence-electron chi connectivity index (χ2n) is 5.37. The fourth-order valence-electron chi connectivity index (χ4n) is 3.33. The SMILES string of the molecule is O=C1CCCC2NNC(c3ccc4c(c3)OCO4)C12. The molecule has 1 aromatic carbocycles. The van der Waals surface area contributed by atoms with Crippen LogP contribution in [-0.2, 0) is 4.79 Å². The molecule has 2 fully saturated rings. The molecule has 0 spiro atoms. The Morgan fingerprint density at radius 2 is 2.05 bits per heavy atom. The second kappa shape index (κ2) is 4.21. The van der Waals surface area contributed by atoms with Gasteiger partial charge < -0.3 is 9.47 Å². The van der Waals surface area contributed by atoms with Crippen LogP contribution in [0.15, 0.2) is 18.2 Å². The minimum absolute atomic E-state index is 0.0345. The van der Waals surface area contributed by atoms with Crippen molar-refractivity contribution in [3.63, 3.8) is 0 Å². The molecule has 5 heteroatoms. The third-order valence-corrected chi connectivity index (χ3v) is 4.28. The number of fused-ring (bicyclic) bond motifs is 2. The number of rotatable bonds is 1. The Labute approximate surface area is 111 Å². The predicted molar refractivity (Wildman–Crippen MR) is 67.7 cm³/mol. The predicted octanol–water partition coefficient (Wildman–Crippen LogP) is 1.30. The van der Waals surface area contributed by atoms with Crippen LogP contribution in [0.5, 0.6) is 11.5 Å². The summed E-state index contributed by atoms with van der Waals surface area (Å²) in [4.78, 5) is 12.2. The summed E-state index contributed by atoms with van der Waals surface area (Å²) in [6, 6.07) is 6.20. The van der Waals surface area contributed by atoms with Crippen LogP contribution in [0.2, 0.25) is 0 Å². The molecule has 1 aliphatic carbocycles. The highest BCUT2D eigenvalue weighted by atomic mass is 16.7. The molecule has 3 atom stereocenters. The molecule has 3 unspecified atom stereocenters. The van der Waals surface area contributed by atoms with Gasteiger partial charge in [-0.15, -0.1) is 0 Å². The molecule has 5 nitrogen and oxygen atoms in total. The highest BCUT2D eigenvalue weighted by molar-refractivity contribution is 5.84. The molecule has 0 aromatic heterocycles. The van der Waals surface area contributed by atoms with Crippen LogP contribution >= 0.6 is 0 Å². The van der Waals surface area contributed by atoms with Crippen LogP contribution in [0, 0.1) is 5.92 Å². The van der Waals surface area contributed by atoms with E-state index < -0.39 is 0 Å². The lowest BCUT2D eigenvalue weighted by molar-refractivity contribution is -0.125. The molecule has 2 aliphatic heterocycles. The largest absolute Gasteiger partial charge is 0.454 e. The first kappa shape index (κ1) is 11.3. The quantitative estimate of drug-likeness (QED) is 0.797. The van der Waals surface area contributed by atoms with E-state index in [0.29, 0.717) is 12.2 Å². The van der Waals surface area contributed by atoms with Crippen molar-refractivity contribution < 1.29 is 14.3 Å². The van der Waals surface area contributed by atoms with Crippen LogP contribution < -0.4 is 20.3 Å². The summed E-state index contributed by atoms with van der Waals surface area (Å²) in [5.74, 6) is 1.94. The molecule has 3 aliphatic rings. The Morgan fingerprint density at radius 3 is 3.00 bits per heavy atom.